The molecule has 0 aliphatic carbocycles. The lowest BCUT2D eigenvalue weighted by Crippen LogP contribution is -2.51. The third-order valence-corrected chi connectivity index (χ3v) is 3.80. The molecule has 0 bridgehead atoms. The molecule has 0 saturated carbocycles. The van der Waals surface area contributed by atoms with E-state index in [1.165, 1.54) is 5.56 Å². The van der Waals surface area contributed by atoms with Crippen molar-refractivity contribution in [1.82, 2.24) is 10.6 Å². The molecule has 1 aromatic carbocycles. The highest BCUT2D eigenvalue weighted by Gasteiger charge is 2.32. The van der Waals surface area contributed by atoms with Gasteiger partial charge in [-0.25, -0.2) is 0 Å². The molecule has 1 aliphatic heterocycles. The molecule has 0 saturated heterocycles. The van der Waals surface area contributed by atoms with E-state index in [1.807, 2.05) is 12.1 Å². The summed E-state index contributed by atoms with van der Waals surface area (Å²) in [5.41, 5.74) is 2.38. The molecule has 1 aromatic rings. The third kappa shape index (κ3) is 4.31. The minimum absolute atomic E-state index is 0.0800. The highest BCUT2D eigenvalue weighted by Crippen LogP contribution is 2.28. The van der Waals surface area contributed by atoms with E-state index >= 15 is 0 Å². The molecule has 3 nitrogen and oxygen atoms in total. The molecule has 3 heteroatoms. The Kier molecular flexibility index (Phi) is 4.43. The first kappa shape index (κ1) is 16.0. The van der Waals surface area contributed by atoms with E-state index in [0.717, 1.165) is 24.9 Å². The lowest BCUT2D eigenvalue weighted by molar-refractivity contribution is -0.125. The van der Waals surface area contributed by atoms with Crippen LogP contribution < -0.4 is 10.6 Å². The fourth-order valence-electron chi connectivity index (χ4n) is 3.51. The van der Waals surface area contributed by atoms with E-state index in [9.17, 15) is 4.79 Å². The average Bonchev–Trinajstić information content (AvgIpc) is 2.34. The molecular formula is C18H28N2O. The molecule has 1 atom stereocenters. The predicted octanol–water partition coefficient (Wildman–Crippen LogP) is 3.20. The number of nitrogens with one attached hydrogen (secondary N) is 2. The standard InChI is InChI=1S/C18H28N2O/c1-17(2,3)12-18(4,5)20-16(21)15-14-9-7-6-8-13(14)10-11-19-15/h6-9,15,19H,10-12H2,1-5H3,(H,20,21). The van der Waals surface area contributed by atoms with Gasteiger partial charge >= 0.3 is 0 Å². The lowest BCUT2D eigenvalue weighted by Gasteiger charge is -2.35. The average molecular weight is 288 g/mol. The number of carbonyl (C=O) groups is 1. The highest BCUT2D eigenvalue weighted by molar-refractivity contribution is 5.84. The highest BCUT2D eigenvalue weighted by atomic mass is 16.2. The quantitative estimate of drug-likeness (QED) is 0.897. The molecule has 2 rings (SSSR count). The minimum Gasteiger partial charge on any atom is -0.350 e. The summed E-state index contributed by atoms with van der Waals surface area (Å²) in [6.07, 6.45) is 1.94. The van der Waals surface area contributed by atoms with Crippen molar-refractivity contribution < 1.29 is 4.79 Å². The van der Waals surface area contributed by atoms with Crippen molar-refractivity contribution in [2.24, 2.45) is 5.41 Å². The molecule has 1 unspecified atom stereocenters. The van der Waals surface area contributed by atoms with Gasteiger partial charge < -0.3 is 10.6 Å². The van der Waals surface area contributed by atoms with Crippen LogP contribution in [0.25, 0.3) is 0 Å². The zero-order chi connectivity index (χ0) is 15.7. The van der Waals surface area contributed by atoms with Crippen molar-refractivity contribution in [2.45, 2.75) is 59.0 Å². The number of hydrogen-bond donors (Lipinski definition) is 2. The SMILES string of the molecule is CC(C)(C)CC(C)(C)NC(=O)C1NCCc2ccccc21. The van der Waals surface area contributed by atoms with Crippen molar-refractivity contribution in [2.75, 3.05) is 6.54 Å². The van der Waals surface area contributed by atoms with Crippen LogP contribution in [0.5, 0.6) is 0 Å². The number of rotatable bonds is 3. The summed E-state index contributed by atoms with van der Waals surface area (Å²) >= 11 is 0. The summed E-state index contributed by atoms with van der Waals surface area (Å²) in [5.74, 6) is 0.0800. The molecule has 1 heterocycles. The van der Waals surface area contributed by atoms with Crippen LogP contribution in [0.3, 0.4) is 0 Å². The maximum absolute atomic E-state index is 12.7. The maximum Gasteiger partial charge on any atom is 0.242 e. The number of carbonyl (C=O) groups excluding carboxylic acids is 1. The number of amides is 1. The van der Waals surface area contributed by atoms with Gasteiger partial charge in [-0.2, -0.15) is 0 Å². The Morgan fingerprint density at radius 2 is 1.90 bits per heavy atom. The van der Waals surface area contributed by atoms with Gasteiger partial charge in [0.15, 0.2) is 0 Å². The fourth-order valence-corrected chi connectivity index (χ4v) is 3.51. The largest absolute Gasteiger partial charge is 0.350 e. The predicted molar refractivity (Wildman–Crippen MR) is 87.2 cm³/mol. The number of hydrogen-bond acceptors (Lipinski definition) is 2. The molecule has 0 radical (unpaired) electrons. The first-order chi connectivity index (χ1) is 9.68. The molecule has 1 amide bonds. The Bertz CT molecular complexity index is 514. The first-order valence-electron chi connectivity index (χ1n) is 7.81. The van der Waals surface area contributed by atoms with Crippen LogP contribution in [0.1, 0.15) is 58.2 Å². The van der Waals surface area contributed by atoms with Gasteiger partial charge in [0.2, 0.25) is 5.91 Å². The van der Waals surface area contributed by atoms with Crippen LogP contribution >= 0.6 is 0 Å². The van der Waals surface area contributed by atoms with E-state index in [4.69, 9.17) is 0 Å². The van der Waals surface area contributed by atoms with Gasteiger partial charge in [0, 0.05) is 12.1 Å². The smallest absolute Gasteiger partial charge is 0.242 e. The van der Waals surface area contributed by atoms with Gasteiger partial charge in [-0.3, -0.25) is 4.79 Å². The molecule has 0 aromatic heterocycles. The Labute approximate surface area is 128 Å². The van der Waals surface area contributed by atoms with Gasteiger partial charge in [-0.1, -0.05) is 45.0 Å². The lowest BCUT2D eigenvalue weighted by atomic mass is 9.81. The van der Waals surface area contributed by atoms with Crippen molar-refractivity contribution >= 4 is 5.91 Å². The maximum atomic E-state index is 12.7. The van der Waals surface area contributed by atoms with Crippen LogP contribution in [0, 0.1) is 5.41 Å². The van der Waals surface area contributed by atoms with E-state index in [-0.39, 0.29) is 22.9 Å². The minimum atomic E-state index is -0.228. The summed E-state index contributed by atoms with van der Waals surface area (Å²) in [6, 6.07) is 8.00. The summed E-state index contributed by atoms with van der Waals surface area (Å²) in [6.45, 7) is 11.7. The first-order valence-corrected chi connectivity index (χ1v) is 7.81. The van der Waals surface area contributed by atoms with Crippen LogP contribution in [0.15, 0.2) is 24.3 Å². The summed E-state index contributed by atoms with van der Waals surface area (Å²) in [4.78, 5) is 12.7. The third-order valence-electron chi connectivity index (χ3n) is 3.80. The monoisotopic (exact) mass is 288 g/mol. The summed E-state index contributed by atoms with van der Waals surface area (Å²) in [7, 11) is 0. The zero-order valence-corrected chi connectivity index (χ0v) is 13.9. The molecule has 116 valence electrons. The molecular weight excluding hydrogens is 260 g/mol. The van der Waals surface area contributed by atoms with Crippen molar-refractivity contribution in [3.63, 3.8) is 0 Å². The summed E-state index contributed by atoms with van der Waals surface area (Å²) in [5, 5.41) is 6.57. The second-order valence-corrected chi connectivity index (χ2v) is 7.95. The normalized spacial score (nSPS) is 19.0. The Balaban J connectivity index is 2.11. The van der Waals surface area contributed by atoms with Gasteiger partial charge in [0.1, 0.15) is 6.04 Å². The van der Waals surface area contributed by atoms with Crippen molar-refractivity contribution in [3.05, 3.63) is 35.4 Å². The van der Waals surface area contributed by atoms with E-state index in [0.29, 0.717) is 0 Å². The van der Waals surface area contributed by atoms with Crippen molar-refractivity contribution in [3.8, 4) is 0 Å². The topological polar surface area (TPSA) is 41.1 Å². The molecule has 2 N–H and O–H groups in total. The van der Waals surface area contributed by atoms with E-state index < -0.39 is 0 Å². The van der Waals surface area contributed by atoms with Gasteiger partial charge in [0.25, 0.3) is 0 Å². The Hall–Kier alpha value is -1.35. The van der Waals surface area contributed by atoms with E-state index in [2.05, 4.69) is 57.4 Å². The number of benzene rings is 1. The Morgan fingerprint density at radius 1 is 1.24 bits per heavy atom. The van der Waals surface area contributed by atoms with Crippen LogP contribution in [0.4, 0.5) is 0 Å². The van der Waals surface area contributed by atoms with Crippen molar-refractivity contribution in [1.29, 1.82) is 0 Å². The van der Waals surface area contributed by atoms with Gasteiger partial charge in [0.05, 0.1) is 0 Å². The van der Waals surface area contributed by atoms with Crippen LogP contribution in [-0.2, 0) is 11.2 Å². The number of fused-ring (bicyclic) bond motifs is 1. The Morgan fingerprint density at radius 3 is 2.57 bits per heavy atom. The molecule has 0 fully saturated rings. The van der Waals surface area contributed by atoms with Crippen LogP contribution in [-0.4, -0.2) is 18.0 Å². The molecule has 1 aliphatic rings. The zero-order valence-electron chi connectivity index (χ0n) is 13.9. The second-order valence-electron chi connectivity index (χ2n) is 7.95. The molecule has 21 heavy (non-hydrogen) atoms. The molecule has 0 spiro atoms. The van der Waals surface area contributed by atoms with Gasteiger partial charge in [-0.05, 0) is 43.2 Å². The fraction of sp³-hybridized carbons (Fsp3) is 0.611. The van der Waals surface area contributed by atoms with E-state index in [1.54, 1.807) is 0 Å². The summed E-state index contributed by atoms with van der Waals surface area (Å²) < 4.78 is 0. The second kappa shape index (κ2) is 5.80. The van der Waals surface area contributed by atoms with Crippen LogP contribution in [0.2, 0.25) is 0 Å². The van der Waals surface area contributed by atoms with Gasteiger partial charge in [-0.15, -0.1) is 0 Å².